The van der Waals surface area contributed by atoms with E-state index in [1.807, 2.05) is 6.92 Å². The fourth-order valence-electron chi connectivity index (χ4n) is 2.11. The molecule has 1 aliphatic rings. The second-order valence-electron chi connectivity index (χ2n) is 4.94. The van der Waals surface area contributed by atoms with Crippen molar-refractivity contribution in [1.29, 1.82) is 0 Å². The summed E-state index contributed by atoms with van der Waals surface area (Å²) in [5.74, 6) is 0.907. The molecule has 0 spiro atoms. The van der Waals surface area contributed by atoms with Gasteiger partial charge in [-0.05, 0) is 38.8 Å². The molecule has 0 aromatic carbocycles. The predicted molar refractivity (Wildman–Crippen MR) is 59.1 cm³/mol. The van der Waals surface area contributed by atoms with Crippen LogP contribution in [0, 0.1) is 5.92 Å². The lowest BCUT2D eigenvalue weighted by atomic mass is 9.93. The third kappa shape index (κ3) is 3.56. The molecule has 0 saturated carbocycles. The molecule has 1 fully saturated rings. The van der Waals surface area contributed by atoms with Crippen molar-refractivity contribution < 1.29 is 5.11 Å². The fourth-order valence-corrected chi connectivity index (χ4v) is 2.11. The van der Waals surface area contributed by atoms with Crippen LogP contribution in [0.2, 0.25) is 0 Å². The van der Waals surface area contributed by atoms with E-state index in [1.165, 1.54) is 19.3 Å². The Kier molecular flexibility index (Phi) is 4.35. The fraction of sp³-hybridized carbons (Fsp3) is 1.00. The van der Waals surface area contributed by atoms with Crippen LogP contribution >= 0.6 is 0 Å². The van der Waals surface area contributed by atoms with Crippen molar-refractivity contribution in [2.45, 2.75) is 38.6 Å². The lowest BCUT2D eigenvalue weighted by Gasteiger charge is -2.36. The molecule has 1 saturated heterocycles. The molecule has 1 unspecified atom stereocenters. The van der Waals surface area contributed by atoms with E-state index in [9.17, 15) is 0 Å². The molecule has 84 valence electrons. The molecule has 3 nitrogen and oxygen atoms in total. The maximum Gasteiger partial charge on any atom is 0.0621 e. The second kappa shape index (κ2) is 5.10. The third-order valence-electron chi connectivity index (χ3n) is 3.23. The van der Waals surface area contributed by atoms with Gasteiger partial charge in [-0.3, -0.25) is 0 Å². The molecule has 0 aliphatic carbocycles. The Bertz CT molecular complexity index is 163. The van der Waals surface area contributed by atoms with E-state index in [-0.39, 0.29) is 6.61 Å². The van der Waals surface area contributed by atoms with E-state index in [2.05, 4.69) is 11.8 Å². The Labute approximate surface area is 87.3 Å². The molecule has 1 atom stereocenters. The van der Waals surface area contributed by atoms with Crippen LogP contribution in [-0.4, -0.2) is 41.8 Å². The predicted octanol–water partition coefficient (Wildman–Crippen LogP) is 0.818. The van der Waals surface area contributed by atoms with Gasteiger partial charge in [0.05, 0.1) is 6.61 Å². The summed E-state index contributed by atoms with van der Waals surface area (Å²) >= 11 is 0. The first-order valence-electron chi connectivity index (χ1n) is 5.69. The first-order valence-corrected chi connectivity index (χ1v) is 5.69. The molecule has 14 heavy (non-hydrogen) atoms. The van der Waals surface area contributed by atoms with Gasteiger partial charge in [-0.2, -0.15) is 0 Å². The van der Waals surface area contributed by atoms with Gasteiger partial charge in [0.2, 0.25) is 0 Å². The van der Waals surface area contributed by atoms with Crippen LogP contribution in [0.4, 0.5) is 0 Å². The maximum atomic E-state index is 9.07. The third-order valence-corrected chi connectivity index (χ3v) is 3.23. The van der Waals surface area contributed by atoms with E-state index < -0.39 is 5.54 Å². The van der Waals surface area contributed by atoms with Crippen LogP contribution in [0.5, 0.6) is 0 Å². The van der Waals surface area contributed by atoms with Gasteiger partial charge in [-0.25, -0.2) is 0 Å². The van der Waals surface area contributed by atoms with Gasteiger partial charge in [0, 0.05) is 12.1 Å². The molecule has 3 heteroatoms. The minimum atomic E-state index is -0.431. The molecule has 1 heterocycles. The van der Waals surface area contributed by atoms with Crippen molar-refractivity contribution in [3.8, 4) is 0 Å². The molecule has 3 N–H and O–H groups in total. The lowest BCUT2D eigenvalue weighted by Crippen LogP contribution is -2.52. The zero-order valence-electron chi connectivity index (χ0n) is 9.50. The van der Waals surface area contributed by atoms with Crippen LogP contribution in [0.3, 0.4) is 0 Å². The van der Waals surface area contributed by atoms with Gasteiger partial charge >= 0.3 is 0 Å². The molecule has 0 aromatic heterocycles. The summed E-state index contributed by atoms with van der Waals surface area (Å²) in [5.41, 5.74) is 5.49. The zero-order chi connectivity index (χ0) is 10.6. The monoisotopic (exact) mass is 200 g/mol. The number of likely N-dealkylation sites (tertiary alicyclic amines) is 1. The van der Waals surface area contributed by atoms with Gasteiger partial charge in [0.15, 0.2) is 0 Å². The normalized spacial score (nSPS) is 24.9. The van der Waals surface area contributed by atoms with Crippen LogP contribution < -0.4 is 5.73 Å². The lowest BCUT2D eigenvalue weighted by molar-refractivity contribution is 0.116. The summed E-state index contributed by atoms with van der Waals surface area (Å²) in [6.45, 7) is 7.36. The van der Waals surface area contributed by atoms with Crippen molar-refractivity contribution in [3.63, 3.8) is 0 Å². The Morgan fingerprint density at radius 1 is 1.43 bits per heavy atom. The topological polar surface area (TPSA) is 49.5 Å². The number of hydrogen-bond acceptors (Lipinski definition) is 3. The van der Waals surface area contributed by atoms with Crippen LogP contribution in [0.25, 0.3) is 0 Å². The zero-order valence-corrected chi connectivity index (χ0v) is 9.50. The second-order valence-corrected chi connectivity index (χ2v) is 4.94. The maximum absolute atomic E-state index is 9.07. The van der Waals surface area contributed by atoms with E-state index >= 15 is 0 Å². The average Bonchev–Trinajstić information content (AvgIpc) is 2.19. The smallest absolute Gasteiger partial charge is 0.0621 e. The molecular weight excluding hydrogens is 176 g/mol. The molecular formula is C11H24N2O. The molecule has 0 radical (unpaired) electrons. The van der Waals surface area contributed by atoms with Gasteiger partial charge in [0.1, 0.15) is 0 Å². The Balaban J connectivity index is 2.28. The standard InChI is InChI=1S/C11H24N2O/c1-3-10-4-6-13(7-5-10)8-11(2,12)9-14/h10,14H,3-9,12H2,1-2H3. The summed E-state index contributed by atoms with van der Waals surface area (Å²) in [6.07, 6.45) is 3.88. The Morgan fingerprint density at radius 3 is 2.43 bits per heavy atom. The quantitative estimate of drug-likeness (QED) is 0.706. The number of aliphatic hydroxyl groups excluding tert-OH is 1. The molecule has 1 rings (SSSR count). The molecule has 1 aliphatic heterocycles. The largest absolute Gasteiger partial charge is 0.394 e. The van der Waals surface area contributed by atoms with Crippen molar-refractivity contribution in [2.24, 2.45) is 11.7 Å². The highest BCUT2D eigenvalue weighted by molar-refractivity contribution is 4.84. The van der Waals surface area contributed by atoms with E-state index in [0.29, 0.717) is 0 Å². The molecule has 0 bridgehead atoms. The minimum Gasteiger partial charge on any atom is -0.394 e. The summed E-state index contributed by atoms with van der Waals surface area (Å²) in [7, 11) is 0. The van der Waals surface area contributed by atoms with Crippen LogP contribution in [0.1, 0.15) is 33.1 Å². The highest BCUT2D eigenvalue weighted by Crippen LogP contribution is 2.20. The average molecular weight is 200 g/mol. The van der Waals surface area contributed by atoms with Crippen molar-refractivity contribution >= 4 is 0 Å². The first kappa shape index (κ1) is 12.0. The Hall–Kier alpha value is -0.120. The Morgan fingerprint density at radius 2 is 2.00 bits per heavy atom. The number of aliphatic hydroxyl groups is 1. The van der Waals surface area contributed by atoms with E-state index in [0.717, 1.165) is 25.6 Å². The van der Waals surface area contributed by atoms with E-state index in [4.69, 9.17) is 10.8 Å². The van der Waals surface area contributed by atoms with Gasteiger partial charge in [0.25, 0.3) is 0 Å². The first-order chi connectivity index (χ1) is 6.57. The van der Waals surface area contributed by atoms with Crippen LogP contribution in [-0.2, 0) is 0 Å². The highest BCUT2D eigenvalue weighted by Gasteiger charge is 2.24. The van der Waals surface area contributed by atoms with Gasteiger partial charge < -0.3 is 15.7 Å². The van der Waals surface area contributed by atoms with Gasteiger partial charge in [-0.15, -0.1) is 0 Å². The van der Waals surface area contributed by atoms with Crippen molar-refractivity contribution in [3.05, 3.63) is 0 Å². The molecule has 0 aromatic rings. The summed E-state index contributed by atoms with van der Waals surface area (Å²) in [6, 6.07) is 0. The summed E-state index contributed by atoms with van der Waals surface area (Å²) in [5, 5.41) is 9.07. The van der Waals surface area contributed by atoms with Crippen molar-refractivity contribution in [1.82, 2.24) is 4.90 Å². The minimum absolute atomic E-state index is 0.0701. The van der Waals surface area contributed by atoms with Gasteiger partial charge in [-0.1, -0.05) is 13.3 Å². The number of rotatable bonds is 4. The number of nitrogens with zero attached hydrogens (tertiary/aromatic N) is 1. The number of hydrogen-bond donors (Lipinski definition) is 2. The number of nitrogens with two attached hydrogens (primary N) is 1. The van der Waals surface area contributed by atoms with Crippen molar-refractivity contribution in [2.75, 3.05) is 26.2 Å². The van der Waals surface area contributed by atoms with Crippen LogP contribution in [0.15, 0.2) is 0 Å². The molecule has 0 amide bonds. The van der Waals surface area contributed by atoms with E-state index in [1.54, 1.807) is 0 Å². The SMILES string of the molecule is CCC1CCN(CC(C)(N)CO)CC1. The summed E-state index contributed by atoms with van der Waals surface area (Å²) in [4.78, 5) is 2.38. The summed E-state index contributed by atoms with van der Waals surface area (Å²) < 4.78 is 0. The number of piperidine rings is 1. The highest BCUT2D eigenvalue weighted by atomic mass is 16.3.